The minimum atomic E-state index is 0.168. The van der Waals surface area contributed by atoms with Gasteiger partial charge < -0.3 is 0 Å². The van der Waals surface area contributed by atoms with E-state index in [9.17, 15) is 0 Å². The van der Waals surface area contributed by atoms with Gasteiger partial charge in [0.25, 0.3) is 0 Å². The fraction of sp³-hybridized carbons (Fsp3) is 1.00. The third-order valence-electron chi connectivity index (χ3n) is 6.58. The molecule has 64 valence electrons. The molecule has 0 aromatic carbocycles. The average molecular weight is 257 g/mol. The molecule has 6 heterocycles. The molecule has 0 spiro atoms. The SMILES string of the molecule is C1[SiH]2C3[SiH2]C4[SiH]1C1[SiH2]C2[SiH]3C[SiH]41. The second-order valence-corrected chi connectivity index (χ2v) is 37.5. The Hall–Kier alpha value is 1.30. The predicted molar refractivity (Wildman–Crippen MR) is 70.3 cm³/mol. The van der Waals surface area contributed by atoms with E-state index >= 15 is 0 Å². The topological polar surface area (TPSA) is 0 Å². The van der Waals surface area contributed by atoms with Crippen molar-refractivity contribution in [1.82, 2.24) is 0 Å². The third kappa shape index (κ3) is 0.493. The molecule has 0 saturated carbocycles. The van der Waals surface area contributed by atoms with E-state index in [-0.39, 0.29) is 35.2 Å². The van der Waals surface area contributed by atoms with Crippen LogP contribution in [0.5, 0.6) is 0 Å². The number of hydrogen-bond acceptors (Lipinski definition) is 0. The molecule has 0 atom stereocenters. The highest BCUT2D eigenvalue weighted by Gasteiger charge is 2.72. The van der Waals surface area contributed by atoms with Gasteiger partial charge in [0.15, 0.2) is 0 Å². The van der Waals surface area contributed by atoms with Crippen molar-refractivity contribution >= 4 is 54.2 Å². The van der Waals surface area contributed by atoms with Crippen molar-refractivity contribution in [2.45, 2.75) is 30.5 Å². The van der Waals surface area contributed by atoms with Crippen LogP contribution in [-0.2, 0) is 0 Å². The van der Waals surface area contributed by atoms with Crippen molar-refractivity contribution in [3.8, 4) is 0 Å². The highest BCUT2D eigenvalue weighted by atomic mass is 28.5. The molecular weight excluding hydrogens is 241 g/mol. The van der Waals surface area contributed by atoms with Gasteiger partial charge in [0, 0.05) is 54.2 Å². The molecule has 0 aromatic heterocycles. The van der Waals surface area contributed by atoms with Crippen LogP contribution in [0.3, 0.4) is 0 Å². The molecule has 6 saturated heterocycles. The van der Waals surface area contributed by atoms with Gasteiger partial charge in [-0.25, -0.2) is 0 Å². The Bertz CT molecular complexity index is 185. The van der Waals surface area contributed by atoms with E-state index in [0.29, 0.717) is 19.0 Å². The van der Waals surface area contributed by atoms with Gasteiger partial charge in [-0.2, -0.15) is 0 Å². The van der Waals surface area contributed by atoms with Crippen LogP contribution < -0.4 is 0 Å². The minimum Gasteiger partial charge on any atom is -0.0673 e. The van der Waals surface area contributed by atoms with E-state index in [1.807, 2.05) is 0 Å². The summed E-state index contributed by atoms with van der Waals surface area (Å²) in [6.45, 7) is 0. The van der Waals surface area contributed by atoms with Crippen LogP contribution in [0.15, 0.2) is 0 Å². The van der Waals surface area contributed by atoms with E-state index in [1.54, 1.807) is 19.2 Å². The molecule has 0 N–H and O–H groups in total. The zero-order valence-electron chi connectivity index (χ0n) is 7.45. The van der Waals surface area contributed by atoms with E-state index < -0.39 is 0 Å². The Morgan fingerprint density at radius 2 is 1.00 bits per heavy atom. The van der Waals surface area contributed by atoms with Crippen molar-refractivity contribution in [1.29, 1.82) is 0 Å². The van der Waals surface area contributed by atoms with E-state index in [1.165, 1.54) is 0 Å². The molecule has 0 nitrogen and oxygen atoms in total. The fourth-order valence-electron chi connectivity index (χ4n) is 6.30. The molecule has 0 aliphatic carbocycles. The molecule has 0 radical (unpaired) electrons. The van der Waals surface area contributed by atoms with Crippen LogP contribution in [-0.4, -0.2) is 54.2 Å². The number of rotatable bonds is 0. The lowest BCUT2D eigenvalue weighted by molar-refractivity contribution is 1.09. The zero-order chi connectivity index (χ0) is 7.45. The Labute approximate surface area is 84.6 Å². The average Bonchev–Trinajstić information content (AvgIpc) is 1.98. The van der Waals surface area contributed by atoms with Crippen LogP contribution in [0.4, 0.5) is 0 Å². The maximum absolute atomic E-state index is 2.09. The van der Waals surface area contributed by atoms with E-state index in [0.717, 1.165) is 0 Å². The van der Waals surface area contributed by atoms with Gasteiger partial charge in [-0.15, -0.1) is 0 Å². The number of hydrogen-bond donors (Lipinski definition) is 0. The standard InChI is InChI=1S/C6H16Si6/c1-9-3-7-4-10(1)6-8-5(9)11(3)2-12(4)6/h3-6,9-12H,1-2,7-8H2. The van der Waals surface area contributed by atoms with Gasteiger partial charge in [-0.05, 0) is 0 Å². The van der Waals surface area contributed by atoms with Gasteiger partial charge in [-0.3, -0.25) is 0 Å². The molecule has 0 unspecified atom stereocenters. The first-order valence-corrected chi connectivity index (χ1v) is 17.8. The third-order valence-corrected chi connectivity index (χ3v) is 59.2. The van der Waals surface area contributed by atoms with Crippen LogP contribution in [0.1, 0.15) is 0 Å². The normalized spacial score (nSPS) is 84.0. The molecular formula is C6H16Si6. The summed E-state index contributed by atoms with van der Waals surface area (Å²) in [5.41, 5.74) is 4.19. The van der Waals surface area contributed by atoms with Gasteiger partial charge in [0.1, 0.15) is 0 Å². The van der Waals surface area contributed by atoms with Crippen LogP contribution in [0, 0.1) is 0 Å². The summed E-state index contributed by atoms with van der Waals surface area (Å²) >= 11 is 0. The zero-order valence-corrected chi connectivity index (χ0v) is 14.9. The summed E-state index contributed by atoms with van der Waals surface area (Å²) in [5, 5.41) is 0. The molecule has 8 bridgehead atoms. The summed E-state index contributed by atoms with van der Waals surface area (Å²) in [6.07, 6.45) is 0. The maximum Gasteiger partial charge on any atom is 0.0280 e. The largest absolute Gasteiger partial charge is 0.0673 e. The first-order valence-electron chi connectivity index (χ1n) is 5.93. The highest BCUT2D eigenvalue weighted by Crippen LogP contribution is 2.67. The van der Waals surface area contributed by atoms with Crippen LogP contribution in [0.2, 0.25) is 30.5 Å². The highest BCUT2D eigenvalue weighted by molar-refractivity contribution is 7.36. The van der Waals surface area contributed by atoms with E-state index in [2.05, 4.69) is 11.3 Å². The molecule has 0 aromatic rings. The maximum atomic E-state index is 2.09. The molecule has 6 fully saturated rings. The summed E-state index contributed by atoms with van der Waals surface area (Å²) in [5.74, 6) is 0. The van der Waals surface area contributed by atoms with Gasteiger partial charge in [0.05, 0.1) is 0 Å². The summed E-state index contributed by atoms with van der Waals surface area (Å²) in [6, 6.07) is 0. The Morgan fingerprint density at radius 3 is 1.33 bits per heavy atom. The lowest BCUT2D eigenvalue weighted by Crippen LogP contribution is -2.83. The molecule has 6 heteroatoms. The fourth-order valence-corrected chi connectivity index (χ4v) is 111. The van der Waals surface area contributed by atoms with Crippen LogP contribution in [0.25, 0.3) is 0 Å². The van der Waals surface area contributed by atoms with Crippen molar-refractivity contribution < 1.29 is 0 Å². The molecule has 6 aliphatic rings. The monoisotopic (exact) mass is 256 g/mol. The van der Waals surface area contributed by atoms with Gasteiger partial charge in [0.2, 0.25) is 0 Å². The first kappa shape index (κ1) is 6.72. The second-order valence-electron chi connectivity index (χ2n) is 6.25. The summed E-state index contributed by atoms with van der Waals surface area (Å²) in [4.78, 5) is 7.06. The summed E-state index contributed by atoms with van der Waals surface area (Å²) in [7, 11) is 2.08. The molecule has 6 aliphatic heterocycles. The molecule has 0 amide bonds. The Kier molecular flexibility index (Phi) is 1.03. The minimum absolute atomic E-state index is 0.168. The molecule has 12 heavy (non-hydrogen) atoms. The Morgan fingerprint density at radius 1 is 0.667 bits per heavy atom. The van der Waals surface area contributed by atoms with Crippen LogP contribution >= 0.6 is 0 Å². The van der Waals surface area contributed by atoms with Crippen molar-refractivity contribution in [2.24, 2.45) is 0 Å². The summed E-state index contributed by atoms with van der Waals surface area (Å²) < 4.78 is 0. The quantitative estimate of drug-likeness (QED) is 0.434. The van der Waals surface area contributed by atoms with E-state index in [4.69, 9.17) is 0 Å². The smallest absolute Gasteiger partial charge is 0.0280 e. The second kappa shape index (κ2) is 1.83. The molecule has 6 rings (SSSR count). The van der Waals surface area contributed by atoms with Crippen molar-refractivity contribution in [3.05, 3.63) is 0 Å². The lowest BCUT2D eigenvalue weighted by atomic mass is 11.6. The van der Waals surface area contributed by atoms with Crippen molar-refractivity contribution in [2.75, 3.05) is 0 Å². The predicted octanol–water partition coefficient (Wildman–Crippen LogP) is -2.15. The Balaban J connectivity index is 1.74. The van der Waals surface area contributed by atoms with Gasteiger partial charge >= 0.3 is 0 Å². The van der Waals surface area contributed by atoms with Gasteiger partial charge in [-0.1, -0.05) is 30.5 Å². The lowest BCUT2D eigenvalue weighted by Gasteiger charge is -2.75. The first-order chi connectivity index (χ1) is 5.93. The van der Waals surface area contributed by atoms with Crippen molar-refractivity contribution in [3.63, 3.8) is 0 Å².